The third kappa shape index (κ3) is 4.36. The van der Waals surface area contributed by atoms with Gasteiger partial charge in [-0.05, 0) is 12.8 Å². The van der Waals surface area contributed by atoms with Gasteiger partial charge in [-0.3, -0.25) is 9.59 Å². The topological polar surface area (TPSA) is 84.2 Å². The second kappa shape index (κ2) is 7.07. The van der Waals surface area contributed by atoms with Gasteiger partial charge in [0.2, 0.25) is 11.8 Å². The molecule has 0 aliphatic heterocycles. The molecule has 0 saturated carbocycles. The maximum Gasteiger partial charge on any atom is 0.248 e. The van der Waals surface area contributed by atoms with E-state index in [0.717, 1.165) is 6.42 Å². The minimum Gasteiger partial charge on any atom is -0.360 e. The summed E-state index contributed by atoms with van der Waals surface area (Å²) in [6.07, 6.45) is 0.786. The van der Waals surface area contributed by atoms with Gasteiger partial charge >= 0.3 is 0 Å². The lowest BCUT2D eigenvalue weighted by Crippen LogP contribution is -2.48. The first-order valence-electron chi connectivity index (χ1n) is 6.89. The van der Waals surface area contributed by atoms with Crippen LogP contribution in [0.25, 0.3) is 0 Å². The van der Waals surface area contributed by atoms with Crippen LogP contribution in [0.15, 0.2) is 10.6 Å². The molecule has 0 fully saturated rings. The molecule has 1 unspecified atom stereocenters. The van der Waals surface area contributed by atoms with E-state index in [1.54, 1.807) is 26.8 Å². The average Bonchev–Trinajstić information content (AvgIpc) is 2.79. The lowest BCUT2D eigenvalue weighted by atomic mass is 9.97. The minimum atomic E-state index is -0.577. The molecule has 1 aromatic rings. The molecule has 1 heterocycles. The maximum absolute atomic E-state index is 12.3. The molecular weight excluding hydrogens is 258 g/mol. The van der Waals surface area contributed by atoms with Crippen molar-refractivity contribution >= 4 is 17.6 Å². The third-order valence-electron chi connectivity index (χ3n) is 3.20. The van der Waals surface area contributed by atoms with Crippen LogP contribution in [0.1, 0.15) is 39.9 Å². The molecule has 0 aliphatic carbocycles. The van der Waals surface area contributed by atoms with Crippen molar-refractivity contribution in [1.29, 1.82) is 0 Å². The molecule has 0 radical (unpaired) electrons. The van der Waals surface area contributed by atoms with Crippen molar-refractivity contribution in [2.75, 3.05) is 5.32 Å². The molecular formula is C14H23N3O3. The van der Waals surface area contributed by atoms with Crippen LogP contribution in [-0.2, 0) is 9.59 Å². The Kier molecular flexibility index (Phi) is 5.73. The second-order valence-corrected chi connectivity index (χ2v) is 5.34. The Morgan fingerprint density at radius 2 is 1.95 bits per heavy atom. The van der Waals surface area contributed by atoms with Gasteiger partial charge in [0.05, 0.1) is 0 Å². The quantitative estimate of drug-likeness (QED) is 0.836. The normalized spacial score (nSPS) is 13.9. The predicted molar refractivity (Wildman–Crippen MR) is 76.1 cm³/mol. The van der Waals surface area contributed by atoms with E-state index in [-0.39, 0.29) is 23.7 Å². The van der Waals surface area contributed by atoms with Gasteiger partial charge in [-0.1, -0.05) is 39.3 Å². The monoisotopic (exact) mass is 281 g/mol. The molecule has 2 N–H and O–H groups in total. The number of amides is 2. The number of anilines is 1. The highest BCUT2D eigenvalue weighted by Gasteiger charge is 2.27. The maximum atomic E-state index is 12.3. The number of aryl methyl sites for hydroxylation is 1. The summed E-state index contributed by atoms with van der Waals surface area (Å²) in [4.78, 5) is 24.1. The summed E-state index contributed by atoms with van der Waals surface area (Å²) in [5.74, 6) is 0.434. The molecule has 6 nitrogen and oxygen atoms in total. The number of carbonyl (C=O) groups is 2. The predicted octanol–water partition coefficient (Wildman–Crippen LogP) is 2.11. The fraction of sp³-hybridized carbons (Fsp3) is 0.643. The van der Waals surface area contributed by atoms with Crippen molar-refractivity contribution in [2.45, 2.75) is 47.1 Å². The molecule has 6 heteroatoms. The molecule has 2 atom stereocenters. The van der Waals surface area contributed by atoms with Crippen molar-refractivity contribution in [1.82, 2.24) is 10.5 Å². The van der Waals surface area contributed by atoms with Crippen molar-refractivity contribution in [3.8, 4) is 0 Å². The molecule has 0 saturated heterocycles. The highest BCUT2D eigenvalue weighted by Crippen LogP contribution is 2.13. The van der Waals surface area contributed by atoms with Gasteiger partial charge in [-0.2, -0.15) is 0 Å². The Morgan fingerprint density at radius 1 is 1.30 bits per heavy atom. The van der Waals surface area contributed by atoms with Crippen molar-refractivity contribution in [3.05, 3.63) is 11.8 Å². The first-order valence-corrected chi connectivity index (χ1v) is 6.89. The molecule has 112 valence electrons. The molecule has 2 amide bonds. The van der Waals surface area contributed by atoms with Gasteiger partial charge in [0, 0.05) is 12.0 Å². The van der Waals surface area contributed by atoms with E-state index in [1.165, 1.54) is 0 Å². The lowest BCUT2D eigenvalue weighted by Gasteiger charge is -2.23. The fourth-order valence-electron chi connectivity index (χ4n) is 1.65. The van der Waals surface area contributed by atoms with Crippen molar-refractivity contribution in [2.24, 2.45) is 11.8 Å². The lowest BCUT2D eigenvalue weighted by molar-refractivity contribution is -0.129. The Hall–Kier alpha value is -1.85. The zero-order chi connectivity index (χ0) is 15.3. The number of hydrogen-bond donors (Lipinski definition) is 2. The largest absolute Gasteiger partial charge is 0.360 e. The number of aromatic nitrogens is 1. The van der Waals surface area contributed by atoms with Gasteiger partial charge in [-0.25, -0.2) is 0 Å². The van der Waals surface area contributed by atoms with Gasteiger partial charge in [0.15, 0.2) is 5.82 Å². The van der Waals surface area contributed by atoms with Crippen LogP contribution in [0.2, 0.25) is 0 Å². The average molecular weight is 281 g/mol. The van der Waals surface area contributed by atoms with Crippen LogP contribution in [0.4, 0.5) is 5.82 Å². The third-order valence-corrected chi connectivity index (χ3v) is 3.20. The Balaban J connectivity index is 2.76. The number of hydrogen-bond acceptors (Lipinski definition) is 4. The van der Waals surface area contributed by atoms with Crippen molar-refractivity contribution < 1.29 is 14.1 Å². The van der Waals surface area contributed by atoms with E-state index in [1.807, 2.05) is 13.8 Å². The summed E-state index contributed by atoms with van der Waals surface area (Å²) in [5.41, 5.74) is 0. The Labute approximate surface area is 119 Å². The van der Waals surface area contributed by atoms with Gasteiger partial charge < -0.3 is 15.2 Å². The standard InChI is InChI=1S/C14H23N3O3/c1-6-9(4)12(16-13(18)8(2)3)14(19)15-11-7-10(5)20-17-11/h7-9,12H,6H2,1-5H3,(H,16,18)(H,15,17,19)/t9?,12-/m0/s1. The van der Waals surface area contributed by atoms with Gasteiger partial charge in [-0.15, -0.1) is 0 Å². The summed E-state index contributed by atoms with van der Waals surface area (Å²) < 4.78 is 4.90. The van der Waals surface area contributed by atoms with E-state index in [2.05, 4.69) is 15.8 Å². The zero-order valence-electron chi connectivity index (χ0n) is 12.7. The molecule has 0 aliphatic rings. The first-order chi connectivity index (χ1) is 9.35. The van der Waals surface area contributed by atoms with Crippen molar-refractivity contribution in [3.63, 3.8) is 0 Å². The van der Waals surface area contributed by atoms with E-state index in [9.17, 15) is 9.59 Å². The van der Waals surface area contributed by atoms with E-state index < -0.39 is 6.04 Å². The summed E-state index contributed by atoms with van der Waals surface area (Å²) in [7, 11) is 0. The van der Waals surface area contributed by atoms with Crippen LogP contribution in [0, 0.1) is 18.8 Å². The Morgan fingerprint density at radius 3 is 2.40 bits per heavy atom. The summed E-state index contributed by atoms with van der Waals surface area (Å²) in [6, 6.07) is 1.06. The van der Waals surface area contributed by atoms with Crippen LogP contribution in [0.5, 0.6) is 0 Å². The molecule has 0 spiro atoms. The second-order valence-electron chi connectivity index (χ2n) is 5.34. The highest BCUT2D eigenvalue weighted by atomic mass is 16.5. The first kappa shape index (κ1) is 16.2. The van der Waals surface area contributed by atoms with Crippen LogP contribution < -0.4 is 10.6 Å². The summed E-state index contributed by atoms with van der Waals surface area (Å²) in [5, 5.41) is 9.17. The van der Waals surface area contributed by atoms with E-state index in [4.69, 9.17) is 4.52 Å². The molecule has 1 rings (SSSR count). The number of rotatable bonds is 6. The highest BCUT2D eigenvalue weighted by molar-refractivity contribution is 5.96. The fourth-order valence-corrected chi connectivity index (χ4v) is 1.65. The van der Waals surface area contributed by atoms with Crippen LogP contribution in [0.3, 0.4) is 0 Å². The molecule has 0 aromatic carbocycles. The van der Waals surface area contributed by atoms with E-state index in [0.29, 0.717) is 11.6 Å². The van der Waals surface area contributed by atoms with Gasteiger partial charge in [0.1, 0.15) is 11.8 Å². The SMILES string of the molecule is CCC(C)[C@H](NC(=O)C(C)C)C(=O)Nc1cc(C)on1. The Bertz CT molecular complexity index is 468. The number of carbonyl (C=O) groups excluding carboxylic acids is 2. The number of nitrogens with zero attached hydrogens (tertiary/aromatic N) is 1. The molecule has 1 aromatic heterocycles. The smallest absolute Gasteiger partial charge is 0.248 e. The van der Waals surface area contributed by atoms with Gasteiger partial charge in [0.25, 0.3) is 0 Å². The minimum absolute atomic E-state index is 0.0331. The summed E-state index contributed by atoms with van der Waals surface area (Å²) >= 11 is 0. The van der Waals surface area contributed by atoms with E-state index >= 15 is 0 Å². The zero-order valence-corrected chi connectivity index (χ0v) is 12.7. The number of nitrogens with one attached hydrogen (secondary N) is 2. The van der Waals surface area contributed by atoms with Crippen LogP contribution in [-0.4, -0.2) is 23.0 Å². The molecule has 20 heavy (non-hydrogen) atoms. The molecule has 0 bridgehead atoms. The summed E-state index contributed by atoms with van der Waals surface area (Å²) in [6.45, 7) is 9.24. The van der Waals surface area contributed by atoms with Crippen LogP contribution >= 0.6 is 0 Å².